The zero-order valence-electron chi connectivity index (χ0n) is 13.8. The van der Waals surface area contributed by atoms with Crippen LogP contribution in [0.1, 0.15) is 62.5 Å². The monoisotopic (exact) mass is 355 g/mol. The molecule has 1 N–H and O–H groups in total. The first kappa shape index (κ1) is 18.5. The summed E-state index contributed by atoms with van der Waals surface area (Å²) >= 11 is 11.4. The molecule has 0 aliphatic carbocycles. The number of nitrogens with one attached hydrogen (secondary N) is 1. The van der Waals surface area contributed by atoms with Gasteiger partial charge in [0.2, 0.25) is 0 Å². The Labute approximate surface area is 149 Å². The van der Waals surface area contributed by atoms with Gasteiger partial charge < -0.3 is 0 Å². The third-order valence-corrected chi connectivity index (χ3v) is 4.84. The second-order valence-electron chi connectivity index (χ2n) is 6.11. The Morgan fingerprint density at radius 1 is 0.652 bits per heavy atom. The lowest BCUT2D eigenvalue weighted by Gasteiger charge is -2.06. The number of hydrogen-bond donors (Lipinski definition) is 1. The van der Waals surface area contributed by atoms with Crippen LogP contribution in [-0.2, 0) is 12.8 Å². The molecule has 0 unspecified atom stereocenters. The van der Waals surface area contributed by atoms with E-state index in [9.17, 15) is 0 Å². The van der Waals surface area contributed by atoms with Gasteiger partial charge in [0.25, 0.3) is 0 Å². The second kappa shape index (κ2) is 10.9. The molecule has 0 aliphatic heterocycles. The number of nitrogens with zero attached hydrogens (tertiary/aromatic N) is 2. The van der Waals surface area contributed by atoms with Crippen molar-refractivity contribution in [3.8, 4) is 0 Å². The molecule has 0 amide bonds. The fraction of sp³-hybridized carbons (Fsp3) is 0.667. The Morgan fingerprint density at radius 3 is 1.52 bits per heavy atom. The van der Waals surface area contributed by atoms with Gasteiger partial charge >= 0.3 is 0 Å². The molecule has 0 saturated heterocycles. The van der Waals surface area contributed by atoms with Gasteiger partial charge in [0.1, 0.15) is 11.0 Å². The molecule has 3 nitrogen and oxygen atoms in total. The quantitative estimate of drug-likeness (QED) is 0.395. The number of aryl methyl sites for hydroxylation is 2. The van der Waals surface area contributed by atoms with E-state index in [1.54, 1.807) is 0 Å². The van der Waals surface area contributed by atoms with Crippen LogP contribution in [0.5, 0.6) is 0 Å². The summed E-state index contributed by atoms with van der Waals surface area (Å²) < 4.78 is 0. The molecule has 2 rings (SSSR count). The zero-order valence-corrected chi connectivity index (χ0v) is 15.3. The molecule has 0 aliphatic rings. The van der Waals surface area contributed by atoms with E-state index in [0.29, 0.717) is 0 Å². The van der Waals surface area contributed by atoms with Crippen LogP contribution in [0.15, 0.2) is 12.1 Å². The van der Waals surface area contributed by atoms with E-state index in [1.807, 2.05) is 0 Å². The third-order valence-electron chi connectivity index (χ3n) is 4.30. The highest BCUT2D eigenvalue weighted by molar-refractivity contribution is 6.18. The lowest BCUT2D eigenvalue weighted by Crippen LogP contribution is -1.93. The minimum Gasteiger partial charge on any atom is -0.197 e. The average Bonchev–Trinajstić information content (AvgIpc) is 3.06. The first-order chi connectivity index (χ1) is 11.4. The maximum absolute atomic E-state index is 5.72. The van der Waals surface area contributed by atoms with Crippen LogP contribution >= 0.6 is 23.2 Å². The summed E-state index contributed by atoms with van der Waals surface area (Å²) in [6.45, 7) is 0. The Kier molecular flexibility index (Phi) is 8.77. The Morgan fingerprint density at radius 2 is 1.09 bits per heavy atom. The first-order valence-corrected chi connectivity index (χ1v) is 9.87. The number of unbranched alkanes of at least 4 members (excludes halogenated alkanes) is 6. The van der Waals surface area contributed by atoms with Crippen molar-refractivity contribution in [2.75, 3.05) is 11.8 Å². The van der Waals surface area contributed by atoms with E-state index in [1.165, 1.54) is 49.7 Å². The molecule has 1 aromatic carbocycles. The summed E-state index contributed by atoms with van der Waals surface area (Å²) in [5.74, 6) is 1.54. The van der Waals surface area contributed by atoms with Crippen molar-refractivity contribution < 1.29 is 0 Å². The summed E-state index contributed by atoms with van der Waals surface area (Å²) in [5, 5.41) is 11.6. The van der Waals surface area contributed by atoms with Gasteiger partial charge in [-0.25, -0.2) is 0 Å². The molecule has 0 radical (unpaired) electrons. The lowest BCUT2D eigenvalue weighted by molar-refractivity contribution is 0.667. The summed E-state index contributed by atoms with van der Waals surface area (Å²) in [4.78, 5) is 0. The van der Waals surface area contributed by atoms with Crippen molar-refractivity contribution in [1.82, 2.24) is 15.4 Å². The van der Waals surface area contributed by atoms with Crippen LogP contribution in [0.3, 0.4) is 0 Å². The van der Waals surface area contributed by atoms with Gasteiger partial charge in [-0.15, -0.1) is 23.2 Å². The van der Waals surface area contributed by atoms with E-state index in [2.05, 4.69) is 27.5 Å². The Bertz CT molecular complexity index is 520. The Balaban J connectivity index is 1.89. The topological polar surface area (TPSA) is 41.6 Å². The molecular formula is C18H27Cl2N3. The predicted molar refractivity (Wildman–Crippen MR) is 99.7 cm³/mol. The van der Waals surface area contributed by atoms with Crippen LogP contribution in [0.25, 0.3) is 11.0 Å². The highest BCUT2D eigenvalue weighted by atomic mass is 35.5. The number of aromatic amines is 1. The van der Waals surface area contributed by atoms with Crippen LogP contribution < -0.4 is 0 Å². The van der Waals surface area contributed by atoms with E-state index < -0.39 is 0 Å². The fourth-order valence-corrected chi connectivity index (χ4v) is 3.35. The van der Waals surface area contributed by atoms with Crippen molar-refractivity contribution in [3.63, 3.8) is 0 Å². The van der Waals surface area contributed by atoms with Gasteiger partial charge in [-0.1, -0.05) is 37.8 Å². The molecular weight excluding hydrogens is 329 g/mol. The summed E-state index contributed by atoms with van der Waals surface area (Å²) in [6.07, 6.45) is 11.6. The number of rotatable bonds is 12. The van der Waals surface area contributed by atoms with E-state index in [0.717, 1.165) is 48.5 Å². The number of H-pyrrole nitrogens is 1. The number of halogens is 2. The number of hydrogen-bond acceptors (Lipinski definition) is 2. The van der Waals surface area contributed by atoms with E-state index >= 15 is 0 Å². The molecule has 23 heavy (non-hydrogen) atoms. The molecule has 0 atom stereocenters. The predicted octanol–water partition coefficient (Wildman–Crippen LogP) is 5.64. The highest BCUT2D eigenvalue weighted by Gasteiger charge is 2.10. The van der Waals surface area contributed by atoms with Crippen molar-refractivity contribution in [1.29, 1.82) is 0 Å². The van der Waals surface area contributed by atoms with Gasteiger partial charge in [-0.05, 0) is 49.7 Å². The molecule has 1 aromatic heterocycles. The average molecular weight is 356 g/mol. The first-order valence-electron chi connectivity index (χ1n) is 8.80. The molecule has 0 saturated carbocycles. The standard InChI is InChI=1S/C18H27Cl2N3/c19-13-7-3-1-5-9-15-11-12-16(10-6-2-4-8-14-20)18-17(15)21-23-22-18/h11-12H,1-10,13-14H2,(H,21,22,23). The smallest absolute Gasteiger partial charge is 0.116 e. The summed E-state index contributed by atoms with van der Waals surface area (Å²) in [5.41, 5.74) is 4.73. The molecule has 0 spiro atoms. The Hall–Kier alpha value is -0.800. The molecule has 0 fully saturated rings. The largest absolute Gasteiger partial charge is 0.197 e. The van der Waals surface area contributed by atoms with Crippen molar-refractivity contribution in [2.45, 2.75) is 64.2 Å². The summed E-state index contributed by atoms with van der Waals surface area (Å²) in [7, 11) is 0. The minimum absolute atomic E-state index is 0.771. The second-order valence-corrected chi connectivity index (χ2v) is 6.87. The van der Waals surface area contributed by atoms with E-state index in [4.69, 9.17) is 23.2 Å². The van der Waals surface area contributed by atoms with Crippen molar-refractivity contribution >= 4 is 34.2 Å². The van der Waals surface area contributed by atoms with Crippen molar-refractivity contribution in [3.05, 3.63) is 23.3 Å². The third kappa shape index (κ3) is 5.96. The molecule has 2 aromatic rings. The van der Waals surface area contributed by atoms with Crippen LogP contribution in [-0.4, -0.2) is 27.2 Å². The maximum atomic E-state index is 5.72. The van der Waals surface area contributed by atoms with Gasteiger partial charge in [-0.2, -0.15) is 15.4 Å². The molecule has 1 heterocycles. The van der Waals surface area contributed by atoms with Gasteiger partial charge in [-0.3, -0.25) is 0 Å². The number of benzene rings is 1. The van der Waals surface area contributed by atoms with Crippen LogP contribution in [0.4, 0.5) is 0 Å². The highest BCUT2D eigenvalue weighted by Crippen LogP contribution is 2.22. The van der Waals surface area contributed by atoms with Gasteiger partial charge in [0.05, 0.1) is 0 Å². The summed E-state index contributed by atoms with van der Waals surface area (Å²) in [6, 6.07) is 4.47. The van der Waals surface area contributed by atoms with Gasteiger partial charge in [0.15, 0.2) is 0 Å². The lowest BCUT2D eigenvalue weighted by atomic mass is 9.99. The molecule has 0 bridgehead atoms. The number of aromatic nitrogens is 3. The van der Waals surface area contributed by atoms with Crippen LogP contribution in [0.2, 0.25) is 0 Å². The number of alkyl halides is 2. The van der Waals surface area contributed by atoms with Gasteiger partial charge in [0, 0.05) is 11.8 Å². The van der Waals surface area contributed by atoms with E-state index in [-0.39, 0.29) is 0 Å². The number of fused-ring (bicyclic) bond motifs is 1. The minimum atomic E-state index is 0.771. The maximum Gasteiger partial charge on any atom is 0.116 e. The molecule has 128 valence electrons. The zero-order chi connectivity index (χ0) is 16.3. The SMILES string of the molecule is ClCCCCCCc1ccc(CCCCCCCl)c2n[nH]nc12. The van der Waals surface area contributed by atoms with Crippen molar-refractivity contribution in [2.24, 2.45) is 0 Å². The molecule has 5 heteroatoms. The van der Waals surface area contributed by atoms with Crippen LogP contribution in [0, 0.1) is 0 Å². The fourth-order valence-electron chi connectivity index (χ4n) is 2.97. The normalized spacial score (nSPS) is 11.4.